The summed E-state index contributed by atoms with van der Waals surface area (Å²) in [6.45, 7) is 3.44. The molecule has 0 aliphatic rings. The van der Waals surface area contributed by atoms with E-state index in [1.54, 1.807) is 26.2 Å². The van der Waals surface area contributed by atoms with Crippen molar-refractivity contribution in [3.63, 3.8) is 0 Å². The average Bonchev–Trinajstić information content (AvgIpc) is 3.36. The van der Waals surface area contributed by atoms with Crippen LogP contribution < -0.4 is 0 Å². The van der Waals surface area contributed by atoms with E-state index in [0.29, 0.717) is 11.1 Å². The van der Waals surface area contributed by atoms with E-state index in [9.17, 15) is 15.0 Å². The van der Waals surface area contributed by atoms with E-state index < -0.39 is 12.1 Å². The molecule has 2 atom stereocenters. The van der Waals surface area contributed by atoms with Gasteiger partial charge in [0.25, 0.3) is 0 Å². The van der Waals surface area contributed by atoms with Crippen molar-refractivity contribution in [3.8, 4) is 34.0 Å². The summed E-state index contributed by atoms with van der Waals surface area (Å²) in [6.07, 6.45) is 3.31. The molecule has 2 aromatic heterocycles. The minimum Gasteiger partial charge on any atom is -0.492 e. The summed E-state index contributed by atoms with van der Waals surface area (Å²) in [5, 5.41) is 28.9. The number of hydrogen-bond acceptors (Lipinski definition) is 5. The first-order valence-electron chi connectivity index (χ1n) is 9.86. The highest BCUT2D eigenvalue weighted by molar-refractivity contribution is 9.10. The SMILES string of the molecule is CC(C(=O)C(C)n1cc(-c2ccc(Br)cc2)c(O)n1)n1cc(-c2ccc(Br)cc2)c(O)n1. The van der Waals surface area contributed by atoms with Gasteiger partial charge >= 0.3 is 0 Å². The van der Waals surface area contributed by atoms with Crippen LogP contribution in [0.15, 0.2) is 69.9 Å². The van der Waals surface area contributed by atoms with E-state index in [1.807, 2.05) is 48.5 Å². The van der Waals surface area contributed by atoms with Crippen LogP contribution in [0.4, 0.5) is 0 Å². The first-order valence-corrected chi connectivity index (χ1v) is 11.4. The number of Topliss-reactive ketones (excluding diaryl/α,β-unsaturated/α-hetero) is 1. The van der Waals surface area contributed by atoms with Gasteiger partial charge in [-0.2, -0.15) is 0 Å². The molecule has 2 heterocycles. The number of nitrogens with zero attached hydrogens (tertiary/aromatic N) is 4. The second kappa shape index (κ2) is 8.91. The summed E-state index contributed by atoms with van der Waals surface area (Å²) in [7, 11) is 0. The third-order valence-corrected chi connectivity index (χ3v) is 6.41. The Morgan fingerprint density at radius 2 is 1.09 bits per heavy atom. The van der Waals surface area contributed by atoms with E-state index >= 15 is 0 Å². The Kier molecular flexibility index (Phi) is 6.21. The zero-order chi connectivity index (χ0) is 23.0. The van der Waals surface area contributed by atoms with Crippen LogP contribution in [-0.2, 0) is 4.79 Å². The smallest absolute Gasteiger partial charge is 0.238 e. The van der Waals surface area contributed by atoms with E-state index in [1.165, 1.54) is 9.36 Å². The van der Waals surface area contributed by atoms with Crippen molar-refractivity contribution < 1.29 is 15.0 Å². The molecule has 0 bridgehead atoms. The number of aromatic nitrogens is 4. The van der Waals surface area contributed by atoms with Gasteiger partial charge < -0.3 is 10.2 Å². The number of aromatic hydroxyl groups is 2. The van der Waals surface area contributed by atoms with Crippen LogP contribution in [-0.4, -0.2) is 35.6 Å². The van der Waals surface area contributed by atoms with Crippen LogP contribution in [0.25, 0.3) is 22.3 Å². The van der Waals surface area contributed by atoms with Crippen LogP contribution in [0, 0.1) is 0 Å². The van der Waals surface area contributed by atoms with Crippen LogP contribution in [0.5, 0.6) is 11.8 Å². The number of carbonyl (C=O) groups excluding carboxylic acids is 1. The standard InChI is InChI=1S/C23H20Br2N4O3/c1-13(28-11-19(22(31)26-28)15-3-7-17(24)8-4-15)21(30)14(2)29-12-20(23(32)27-29)16-5-9-18(25)10-6-16/h3-14H,1-2H3,(H,26,31)(H,27,32). The van der Waals surface area contributed by atoms with Gasteiger partial charge in [-0.3, -0.25) is 14.2 Å². The number of ketones is 1. The zero-order valence-corrected chi connectivity index (χ0v) is 20.4. The summed E-state index contributed by atoms with van der Waals surface area (Å²) in [5.74, 6) is -0.456. The van der Waals surface area contributed by atoms with Gasteiger partial charge in [-0.1, -0.05) is 56.1 Å². The van der Waals surface area contributed by atoms with Gasteiger partial charge in [0.2, 0.25) is 11.8 Å². The molecule has 0 spiro atoms. The van der Waals surface area contributed by atoms with Crippen molar-refractivity contribution in [2.45, 2.75) is 25.9 Å². The largest absolute Gasteiger partial charge is 0.492 e. The number of hydrogen-bond donors (Lipinski definition) is 2. The fraction of sp³-hybridized carbons (Fsp3) is 0.174. The molecule has 0 radical (unpaired) electrons. The Hall–Kier alpha value is -2.91. The molecule has 0 fully saturated rings. The van der Waals surface area contributed by atoms with E-state index in [0.717, 1.165) is 20.1 Å². The molecule has 0 saturated heterocycles. The van der Waals surface area contributed by atoms with Gasteiger partial charge in [0.05, 0.1) is 11.1 Å². The molecule has 2 aromatic carbocycles. The molecule has 4 rings (SSSR count). The van der Waals surface area contributed by atoms with E-state index in [-0.39, 0.29) is 17.5 Å². The van der Waals surface area contributed by atoms with Crippen molar-refractivity contribution >= 4 is 37.6 Å². The first-order chi connectivity index (χ1) is 15.2. The molecule has 0 aliphatic carbocycles. The average molecular weight is 560 g/mol. The van der Waals surface area contributed by atoms with Gasteiger partial charge in [0.15, 0.2) is 5.78 Å². The van der Waals surface area contributed by atoms with Crippen molar-refractivity contribution in [2.75, 3.05) is 0 Å². The molecule has 2 unspecified atom stereocenters. The highest BCUT2D eigenvalue weighted by Gasteiger charge is 2.26. The lowest BCUT2D eigenvalue weighted by molar-refractivity contribution is -0.125. The predicted octanol–water partition coefficient (Wildman–Crippen LogP) is 5.74. The van der Waals surface area contributed by atoms with Crippen molar-refractivity contribution in [1.82, 2.24) is 19.6 Å². The molecule has 32 heavy (non-hydrogen) atoms. The molecule has 4 aromatic rings. The first kappa shape index (κ1) is 22.3. The minimum absolute atomic E-state index is 0.145. The Morgan fingerprint density at radius 1 is 0.750 bits per heavy atom. The van der Waals surface area contributed by atoms with Crippen molar-refractivity contribution in [1.29, 1.82) is 0 Å². The summed E-state index contributed by atoms with van der Waals surface area (Å²) in [4.78, 5) is 13.2. The topological polar surface area (TPSA) is 93.2 Å². The third-order valence-electron chi connectivity index (χ3n) is 5.35. The van der Waals surface area contributed by atoms with Crippen molar-refractivity contribution in [2.24, 2.45) is 0 Å². The van der Waals surface area contributed by atoms with Crippen LogP contribution in [0.2, 0.25) is 0 Å². The molecular formula is C23H20Br2N4O3. The molecule has 9 heteroatoms. The molecule has 2 N–H and O–H groups in total. The molecular weight excluding hydrogens is 540 g/mol. The number of rotatable bonds is 6. The molecule has 0 aliphatic heterocycles. The van der Waals surface area contributed by atoms with Crippen LogP contribution in [0.1, 0.15) is 25.9 Å². The zero-order valence-electron chi connectivity index (χ0n) is 17.3. The number of benzene rings is 2. The van der Waals surface area contributed by atoms with Gasteiger partial charge in [0, 0.05) is 21.3 Å². The molecule has 0 saturated carbocycles. The van der Waals surface area contributed by atoms with Gasteiger partial charge in [-0.25, -0.2) is 0 Å². The second-order valence-corrected chi connectivity index (χ2v) is 9.29. The maximum Gasteiger partial charge on any atom is 0.238 e. The number of halogens is 2. The normalized spacial score (nSPS) is 13.1. The van der Waals surface area contributed by atoms with Gasteiger partial charge in [-0.05, 0) is 49.2 Å². The lowest BCUT2D eigenvalue weighted by Crippen LogP contribution is -2.25. The summed E-state index contributed by atoms with van der Waals surface area (Å²) < 4.78 is 4.75. The van der Waals surface area contributed by atoms with Gasteiger partial charge in [0.1, 0.15) is 12.1 Å². The maximum absolute atomic E-state index is 13.2. The third kappa shape index (κ3) is 4.35. The lowest BCUT2D eigenvalue weighted by Gasteiger charge is -2.16. The summed E-state index contributed by atoms with van der Waals surface area (Å²) in [6, 6.07) is 13.6. The van der Waals surface area contributed by atoms with E-state index in [4.69, 9.17) is 0 Å². The highest BCUT2D eigenvalue weighted by atomic mass is 79.9. The summed E-state index contributed by atoms with van der Waals surface area (Å²) in [5.41, 5.74) is 2.67. The number of carbonyl (C=O) groups is 1. The Balaban J connectivity index is 1.57. The van der Waals surface area contributed by atoms with Crippen molar-refractivity contribution in [3.05, 3.63) is 69.9 Å². The highest BCUT2D eigenvalue weighted by Crippen LogP contribution is 2.33. The van der Waals surface area contributed by atoms with Crippen LogP contribution >= 0.6 is 31.9 Å². The Labute approximate surface area is 201 Å². The maximum atomic E-state index is 13.2. The molecule has 7 nitrogen and oxygen atoms in total. The molecule has 164 valence electrons. The van der Waals surface area contributed by atoms with Crippen LogP contribution in [0.3, 0.4) is 0 Å². The fourth-order valence-corrected chi connectivity index (χ4v) is 3.97. The van der Waals surface area contributed by atoms with Gasteiger partial charge in [-0.15, -0.1) is 10.2 Å². The lowest BCUT2D eigenvalue weighted by atomic mass is 10.1. The molecule has 0 amide bonds. The Morgan fingerprint density at radius 3 is 1.44 bits per heavy atom. The summed E-state index contributed by atoms with van der Waals surface area (Å²) >= 11 is 6.78. The quantitative estimate of drug-likeness (QED) is 0.314. The Bertz CT molecular complexity index is 1170. The minimum atomic E-state index is -0.650. The fourth-order valence-electron chi connectivity index (χ4n) is 3.44. The second-order valence-electron chi connectivity index (χ2n) is 7.46. The monoisotopic (exact) mass is 558 g/mol. The van der Waals surface area contributed by atoms with E-state index in [2.05, 4.69) is 42.1 Å². The predicted molar refractivity (Wildman–Crippen MR) is 128 cm³/mol.